The average Bonchev–Trinajstić information content (AvgIpc) is 2.93. The van der Waals surface area contributed by atoms with Crippen LogP contribution in [0.3, 0.4) is 0 Å². The maximum Gasteiger partial charge on any atom is 0.0412 e. The molecule has 1 radical (unpaired) electrons. The van der Waals surface area contributed by atoms with Gasteiger partial charge in [-0.3, -0.25) is 0 Å². The zero-order chi connectivity index (χ0) is 13.9. The minimum absolute atomic E-state index is 0.716. The first-order valence-corrected chi connectivity index (χ1v) is 7.02. The standard InChI is InChI=1S/C18H11Cl2/c19-16-9-3-7-14(11-16)18(13-5-1-2-6-13)15-8-4-10-17(20)12-15/h1-5,7-12H. The number of benzene rings is 2. The molecule has 0 heterocycles. The molecule has 1 aliphatic rings. The van der Waals surface area contributed by atoms with Gasteiger partial charge >= 0.3 is 0 Å². The van der Waals surface area contributed by atoms with Gasteiger partial charge in [0, 0.05) is 10.0 Å². The van der Waals surface area contributed by atoms with E-state index in [2.05, 4.69) is 6.08 Å². The number of hydrogen-bond acceptors (Lipinski definition) is 0. The smallest absolute Gasteiger partial charge is 0.0412 e. The van der Waals surface area contributed by atoms with Crippen molar-refractivity contribution in [3.63, 3.8) is 0 Å². The van der Waals surface area contributed by atoms with Gasteiger partial charge in [-0.1, -0.05) is 65.7 Å². The second kappa shape index (κ2) is 5.70. The van der Waals surface area contributed by atoms with Crippen LogP contribution in [0.5, 0.6) is 0 Å². The molecule has 2 aromatic carbocycles. The maximum absolute atomic E-state index is 6.12. The first-order valence-electron chi connectivity index (χ1n) is 6.26. The SMILES string of the molecule is Clc1cccc(C(=C2[C]=CC=C2)c2cccc(Cl)c2)c1. The predicted octanol–water partition coefficient (Wildman–Crippen LogP) is 5.72. The normalized spacial score (nSPS) is 13.0. The molecule has 0 nitrogen and oxygen atoms in total. The lowest BCUT2D eigenvalue weighted by atomic mass is 9.93. The average molecular weight is 298 g/mol. The molecule has 0 N–H and O–H groups in total. The van der Waals surface area contributed by atoms with Gasteiger partial charge in [-0.05, 0) is 52.6 Å². The zero-order valence-corrected chi connectivity index (χ0v) is 12.1. The largest absolute Gasteiger partial charge is 0.0843 e. The van der Waals surface area contributed by atoms with Crippen LogP contribution >= 0.6 is 23.2 Å². The van der Waals surface area contributed by atoms with Gasteiger partial charge in [-0.25, -0.2) is 0 Å². The summed E-state index contributed by atoms with van der Waals surface area (Å²) in [6, 6.07) is 15.6. The third-order valence-corrected chi connectivity index (χ3v) is 3.56. The Labute approximate surface area is 128 Å². The van der Waals surface area contributed by atoms with Crippen LogP contribution in [0.1, 0.15) is 11.1 Å². The van der Waals surface area contributed by atoms with Gasteiger partial charge in [0.05, 0.1) is 0 Å². The Morgan fingerprint density at radius 1 is 0.850 bits per heavy atom. The zero-order valence-electron chi connectivity index (χ0n) is 10.6. The van der Waals surface area contributed by atoms with Gasteiger partial charge in [0.1, 0.15) is 0 Å². The van der Waals surface area contributed by atoms with Crippen LogP contribution < -0.4 is 0 Å². The molecule has 0 aromatic heterocycles. The van der Waals surface area contributed by atoms with Gasteiger partial charge in [-0.15, -0.1) is 0 Å². The fourth-order valence-corrected chi connectivity index (χ4v) is 2.63. The van der Waals surface area contributed by atoms with Crippen LogP contribution in [-0.4, -0.2) is 0 Å². The van der Waals surface area contributed by atoms with Gasteiger partial charge in [0.15, 0.2) is 0 Å². The molecule has 0 amide bonds. The van der Waals surface area contributed by atoms with E-state index in [0.29, 0.717) is 10.0 Å². The molecule has 97 valence electrons. The molecule has 3 rings (SSSR count). The van der Waals surface area contributed by atoms with Crippen molar-refractivity contribution >= 4 is 28.8 Å². The van der Waals surface area contributed by atoms with Crippen molar-refractivity contribution in [2.45, 2.75) is 0 Å². The van der Waals surface area contributed by atoms with Crippen LogP contribution in [0.4, 0.5) is 0 Å². The highest BCUT2D eigenvalue weighted by molar-refractivity contribution is 6.31. The Hall–Kier alpha value is -1.76. The molecular weight excluding hydrogens is 287 g/mol. The van der Waals surface area contributed by atoms with Gasteiger partial charge in [-0.2, -0.15) is 0 Å². The lowest BCUT2D eigenvalue weighted by molar-refractivity contribution is 1.51. The predicted molar refractivity (Wildman–Crippen MR) is 85.9 cm³/mol. The monoisotopic (exact) mass is 297 g/mol. The summed E-state index contributed by atoms with van der Waals surface area (Å²) >= 11 is 12.2. The molecule has 0 bridgehead atoms. The lowest BCUT2D eigenvalue weighted by Crippen LogP contribution is -1.91. The Morgan fingerprint density at radius 3 is 1.90 bits per heavy atom. The Morgan fingerprint density at radius 2 is 1.45 bits per heavy atom. The Kier molecular flexibility index (Phi) is 3.77. The summed E-state index contributed by atoms with van der Waals surface area (Å²) in [4.78, 5) is 0. The molecule has 0 spiro atoms. The Balaban J connectivity index is 2.23. The molecule has 0 atom stereocenters. The lowest BCUT2D eigenvalue weighted by Gasteiger charge is -2.11. The van der Waals surface area contributed by atoms with Crippen LogP contribution in [0.2, 0.25) is 10.0 Å². The highest BCUT2D eigenvalue weighted by Crippen LogP contribution is 2.32. The number of rotatable bonds is 2. The molecule has 0 saturated heterocycles. The van der Waals surface area contributed by atoms with Crippen molar-refractivity contribution < 1.29 is 0 Å². The maximum atomic E-state index is 6.12. The summed E-state index contributed by atoms with van der Waals surface area (Å²) in [6.45, 7) is 0. The van der Waals surface area contributed by atoms with E-state index in [4.69, 9.17) is 23.2 Å². The van der Waals surface area contributed by atoms with E-state index in [0.717, 1.165) is 22.3 Å². The number of halogens is 2. The summed E-state index contributed by atoms with van der Waals surface area (Å²) in [7, 11) is 0. The molecule has 0 unspecified atom stereocenters. The number of hydrogen-bond donors (Lipinski definition) is 0. The summed E-state index contributed by atoms with van der Waals surface area (Å²) in [6.07, 6.45) is 9.17. The highest BCUT2D eigenvalue weighted by atomic mass is 35.5. The van der Waals surface area contributed by atoms with E-state index in [9.17, 15) is 0 Å². The van der Waals surface area contributed by atoms with Crippen molar-refractivity contribution in [1.29, 1.82) is 0 Å². The van der Waals surface area contributed by atoms with Gasteiger partial charge in [0.25, 0.3) is 0 Å². The molecule has 0 fully saturated rings. The van der Waals surface area contributed by atoms with E-state index in [1.165, 1.54) is 0 Å². The summed E-state index contributed by atoms with van der Waals surface area (Å²) in [5.41, 5.74) is 4.24. The molecular formula is C18H11Cl2. The molecule has 2 heteroatoms. The first-order chi connectivity index (χ1) is 9.74. The quantitative estimate of drug-likeness (QED) is 0.664. The fourth-order valence-electron chi connectivity index (χ4n) is 2.25. The molecule has 2 aromatic rings. The van der Waals surface area contributed by atoms with Crippen molar-refractivity contribution in [1.82, 2.24) is 0 Å². The van der Waals surface area contributed by atoms with Crippen molar-refractivity contribution in [2.75, 3.05) is 0 Å². The summed E-state index contributed by atoms with van der Waals surface area (Å²) in [5, 5.41) is 1.43. The highest BCUT2D eigenvalue weighted by Gasteiger charge is 2.11. The van der Waals surface area contributed by atoms with E-state index >= 15 is 0 Å². The molecule has 0 saturated carbocycles. The molecule has 1 aliphatic carbocycles. The van der Waals surface area contributed by atoms with Crippen LogP contribution in [0.15, 0.2) is 72.3 Å². The summed E-state index contributed by atoms with van der Waals surface area (Å²) in [5.74, 6) is 0. The molecule has 20 heavy (non-hydrogen) atoms. The van der Waals surface area contributed by atoms with Crippen LogP contribution in [-0.2, 0) is 0 Å². The third-order valence-electron chi connectivity index (χ3n) is 3.09. The van der Waals surface area contributed by atoms with Crippen LogP contribution in [0, 0.1) is 6.08 Å². The van der Waals surface area contributed by atoms with E-state index in [1.54, 1.807) is 0 Å². The van der Waals surface area contributed by atoms with E-state index in [1.807, 2.05) is 66.8 Å². The van der Waals surface area contributed by atoms with Gasteiger partial charge in [0.2, 0.25) is 0 Å². The first kappa shape index (κ1) is 13.2. The third kappa shape index (κ3) is 2.72. The second-order valence-electron chi connectivity index (χ2n) is 4.48. The minimum Gasteiger partial charge on any atom is -0.0843 e. The van der Waals surface area contributed by atoms with Crippen molar-refractivity contribution in [3.8, 4) is 0 Å². The molecule has 0 aliphatic heterocycles. The van der Waals surface area contributed by atoms with Crippen molar-refractivity contribution in [3.05, 3.63) is 99.6 Å². The van der Waals surface area contributed by atoms with E-state index in [-0.39, 0.29) is 0 Å². The van der Waals surface area contributed by atoms with Crippen LogP contribution in [0.25, 0.3) is 5.57 Å². The van der Waals surface area contributed by atoms with E-state index < -0.39 is 0 Å². The topological polar surface area (TPSA) is 0 Å². The van der Waals surface area contributed by atoms with Crippen molar-refractivity contribution in [2.24, 2.45) is 0 Å². The minimum atomic E-state index is 0.716. The fraction of sp³-hybridized carbons (Fsp3) is 0. The number of allylic oxidation sites excluding steroid dienone is 5. The Bertz CT molecular complexity index is 675. The summed E-state index contributed by atoms with van der Waals surface area (Å²) < 4.78 is 0. The second-order valence-corrected chi connectivity index (χ2v) is 5.35. The van der Waals surface area contributed by atoms with Gasteiger partial charge < -0.3 is 0 Å².